The molecule has 2 aliphatic rings. The van der Waals surface area contributed by atoms with E-state index in [-0.39, 0.29) is 18.2 Å². The molecule has 4 atom stereocenters. The van der Waals surface area contributed by atoms with E-state index >= 15 is 0 Å². The Bertz CT molecular complexity index is 1440. The minimum atomic E-state index is -0.888. The highest BCUT2D eigenvalue weighted by Crippen LogP contribution is 2.47. The van der Waals surface area contributed by atoms with Crippen LogP contribution in [0, 0.1) is 0 Å². The van der Waals surface area contributed by atoms with Crippen molar-refractivity contribution in [1.82, 2.24) is 10.2 Å². The first kappa shape index (κ1) is 29.1. The van der Waals surface area contributed by atoms with Gasteiger partial charge < -0.3 is 20.4 Å². The molecule has 7 nitrogen and oxygen atoms in total. The van der Waals surface area contributed by atoms with Gasteiger partial charge in [0.25, 0.3) is 5.91 Å². The van der Waals surface area contributed by atoms with Crippen LogP contribution in [-0.4, -0.2) is 51.6 Å². The highest BCUT2D eigenvalue weighted by Gasteiger charge is 2.48. The van der Waals surface area contributed by atoms with Crippen LogP contribution in [0.25, 0.3) is 0 Å². The number of halogens is 2. The van der Waals surface area contributed by atoms with E-state index < -0.39 is 30.1 Å². The number of rotatable bonds is 8. The lowest BCUT2D eigenvalue weighted by Crippen LogP contribution is -2.55. The minimum Gasteiger partial charge on any atom is -0.481 e. The molecule has 0 saturated heterocycles. The molecule has 0 unspecified atom stereocenters. The topological polar surface area (TPSA) is 107 Å². The normalized spacial score (nSPS) is 22.2. The fraction of sp³-hybridized carbons (Fsp3) is 0.344. The van der Waals surface area contributed by atoms with Gasteiger partial charge in [0.1, 0.15) is 0 Å². The van der Waals surface area contributed by atoms with Crippen LogP contribution in [0.5, 0.6) is 0 Å². The number of fused-ring (bicyclic) bond motifs is 1. The molecule has 2 amide bonds. The van der Waals surface area contributed by atoms with Crippen LogP contribution < -0.4 is 5.32 Å². The maximum Gasteiger partial charge on any atom is 0.307 e. The number of nitrogens with one attached hydrogen (secondary N) is 1. The highest BCUT2D eigenvalue weighted by molar-refractivity contribution is 6.35. The first-order valence-electron chi connectivity index (χ1n) is 13.9. The van der Waals surface area contributed by atoms with Gasteiger partial charge in [-0.2, -0.15) is 0 Å². The second kappa shape index (κ2) is 12.6. The van der Waals surface area contributed by atoms with E-state index in [9.17, 15) is 19.5 Å². The van der Waals surface area contributed by atoms with E-state index in [0.29, 0.717) is 58.1 Å². The molecule has 3 aromatic rings. The molecule has 1 saturated carbocycles. The van der Waals surface area contributed by atoms with Crippen LogP contribution in [0.1, 0.15) is 70.3 Å². The third kappa shape index (κ3) is 6.27. The first-order valence-corrected chi connectivity index (χ1v) is 14.6. The SMILES string of the molecule is O=C(O)Cc1ccc(CCNC(=O)[C@@H]2c3ccccc3C(=O)N([C@H]3CCCC[C@@H]3O)[C@H]2c2ccc(Cl)cc2Cl)cc1. The van der Waals surface area contributed by atoms with Gasteiger partial charge in [0, 0.05) is 22.2 Å². The monoisotopic (exact) mass is 594 g/mol. The molecule has 1 aliphatic carbocycles. The number of carbonyl (C=O) groups excluding carboxylic acids is 2. The molecule has 1 fully saturated rings. The number of carboxylic acid groups (broad SMARTS) is 1. The van der Waals surface area contributed by atoms with Gasteiger partial charge in [0.15, 0.2) is 0 Å². The number of aliphatic carboxylic acids is 1. The van der Waals surface area contributed by atoms with E-state index in [1.807, 2.05) is 24.3 Å². The summed E-state index contributed by atoms with van der Waals surface area (Å²) in [6, 6.07) is 18.3. The van der Waals surface area contributed by atoms with Crippen molar-refractivity contribution in [3.05, 3.63) is 105 Å². The molecule has 9 heteroatoms. The number of hydrogen-bond donors (Lipinski definition) is 3. The molecule has 1 heterocycles. The maximum atomic E-state index is 14.1. The summed E-state index contributed by atoms with van der Waals surface area (Å²) >= 11 is 12.9. The van der Waals surface area contributed by atoms with Crippen molar-refractivity contribution in [2.75, 3.05) is 6.54 Å². The Labute approximate surface area is 249 Å². The quantitative estimate of drug-likeness (QED) is 0.316. The van der Waals surface area contributed by atoms with Crippen molar-refractivity contribution in [3.63, 3.8) is 0 Å². The molecule has 0 bridgehead atoms. The zero-order valence-corrected chi connectivity index (χ0v) is 23.9. The van der Waals surface area contributed by atoms with Gasteiger partial charge in [-0.3, -0.25) is 14.4 Å². The van der Waals surface area contributed by atoms with Crippen molar-refractivity contribution in [2.45, 2.75) is 62.6 Å². The van der Waals surface area contributed by atoms with Gasteiger partial charge in [0.05, 0.1) is 30.5 Å². The predicted octanol–water partition coefficient (Wildman–Crippen LogP) is 5.56. The number of carbonyl (C=O) groups is 3. The number of hydrogen-bond acceptors (Lipinski definition) is 4. The lowest BCUT2D eigenvalue weighted by Gasteiger charge is -2.48. The standard InChI is InChI=1S/C32H32Cl2N2O5/c33-21-13-14-24(25(34)18-21)30-29(31(40)35-16-15-19-9-11-20(12-10-19)17-28(38)39)22-5-1-2-6-23(22)32(41)36(30)26-7-3-4-8-27(26)37/h1-2,5-6,9-14,18,26-27,29-30,37H,3-4,7-8,15-17H2,(H,35,40)(H,38,39)/t26-,27-,29+,30-/m0/s1. The van der Waals surface area contributed by atoms with Crippen LogP contribution in [0.2, 0.25) is 10.0 Å². The van der Waals surface area contributed by atoms with E-state index in [1.54, 1.807) is 47.4 Å². The van der Waals surface area contributed by atoms with Gasteiger partial charge in [-0.15, -0.1) is 0 Å². The molecule has 3 N–H and O–H groups in total. The Morgan fingerprint density at radius 3 is 2.34 bits per heavy atom. The van der Waals surface area contributed by atoms with Crippen LogP contribution >= 0.6 is 23.2 Å². The van der Waals surface area contributed by atoms with Gasteiger partial charge in [-0.1, -0.05) is 84.6 Å². The largest absolute Gasteiger partial charge is 0.481 e. The average molecular weight is 596 g/mol. The second-order valence-corrected chi connectivity index (χ2v) is 11.6. The Kier molecular flexibility index (Phi) is 8.97. The smallest absolute Gasteiger partial charge is 0.307 e. The molecule has 41 heavy (non-hydrogen) atoms. The van der Waals surface area contributed by atoms with E-state index in [0.717, 1.165) is 18.4 Å². The summed E-state index contributed by atoms with van der Waals surface area (Å²) in [5.41, 5.74) is 3.33. The summed E-state index contributed by atoms with van der Waals surface area (Å²) in [6.45, 7) is 0.344. The summed E-state index contributed by atoms with van der Waals surface area (Å²) in [5.74, 6) is -2.14. The van der Waals surface area contributed by atoms with Crippen molar-refractivity contribution in [1.29, 1.82) is 0 Å². The number of amides is 2. The zero-order chi connectivity index (χ0) is 29.1. The van der Waals surface area contributed by atoms with Crippen LogP contribution in [0.3, 0.4) is 0 Å². The number of aliphatic hydroxyl groups excluding tert-OH is 1. The summed E-state index contributed by atoms with van der Waals surface area (Å²) < 4.78 is 0. The highest BCUT2D eigenvalue weighted by atomic mass is 35.5. The Morgan fingerprint density at radius 1 is 0.927 bits per heavy atom. The third-order valence-corrected chi connectivity index (χ3v) is 8.64. The first-order chi connectivity index (χ1) is 19.7. The van der Waals surface area contributed by atoms with Crippen LogP contribution in [0.4, 0.5) is 0 Å². The van der Waals surface area contributed by atoms with Gasteiger partial charge >= 0.3 is 5.97 Å². The number of carboxylic acids is 1. The number of benzene rings is 3. The molecule has 3 aromatic carbocycles. The lowest BCUT2D eigenvalue weighted by atomic mass is 9.76. The molecule has 214 valence electrons. The van der Waals surface area contributed by atoms with Crippen molar-refractivity contribution >= 4 is 41.0 Å². The van der Waals surface area contributed by atoms with Crippen LogP contribution in [-0.2, 0) is 22.4 Å². The summed E-state index contributed by atoms with van der Waals surface area (Å²) in [5, 5.41) is 23.9. The van der Waals surface area contributed by atoms with Gasteiger partial charge in [-0.05, 0) is 59.7 Å². The number of nitrogens with zero attached hydrogens (tertiary/aromatic N) is 1. The summed E-state index contributed by atoms with van der Waals surface area (Å²) in [4.78, 5) is 40.8. The fourth-order valence-electron chi connectivity index (χ4n) is 6.13. The molecule has 1 aliphatic heterocycles. The molecule has 0 spiro atoms. The summed E-state index contributed by atoms with van der Waals surface area (Å²) in [6.07, 6.45) is 2.75. The average Bonchev–Trinajstić information content (AvgIpc) is 2.94. The second-order valence-electron chi connectivity index (χ2n) is 10.7. The van der Waals surface area contributed by atoms with Crippen molar-refractivity contribution < 1.29 is 24.6 Å². The maximum absolute atomic E-state index is 14.1. The van der Waals surface area contributed by atoms with Gasteiger partial charge in [0.2, 0.25) is 5.91 Å². The molecular weight excluding hydrogens is 563 g/mol. The predicted molar refractivity (Wildman–Crippen MR) is 157 cm³/mol. The van der Waals surface area contributed by atoms with E-state index in [2.05, 4.69) is 5.32 Å². The summed E-state index contributed by atoms with van der Waals surface area (Å²) in [7, 11) is 0. The molecular formula is C32H32Cl2N2O5. The fourth-order valence-corrected chi connectivity index (χ4v) is 6.65. The van der Waals surface area contributed by atoms with Gasteiger partial charge in [-0.25, -0.2) is 0 Å². The molecule has 0 aromatic heterocycles. The van der Waals surface area contributed by atoms with E-state index in [1.165, 1.54) is 0 Å². The third-order valence-electron chi connectivity index (χ3n) is 8.08. The lowest BCUT2D eigenvalue weighted by molar-refractivity contribution is -0.136. The van der Waals surface area contributed by atoms with E-state index in [4.69, 9.17) is 28.3 Å². The zero-order valence-electron chi connectivity index (χ0n) is 22.4. The minimum absolute atomic E-state index is 0.0440. The number of aliphatic hydroxyl groups is 1. The Hall–Kier alpha value is -3.39. The Morgan fingerprint density at radius 2 is 1.63 bits per heavy atom. The van der Waals surface area contributed by atoms with Crippen molar-refractivity contribution in [2.24, 2.45) is 0 Å². The van der Waals surface area contributed by atoms with Crippen molar-refractivity contribution in [3.8, 4) is 0 Å². The molecule has 5 rings (SSSR count). The molecule has 0 radical (unpaired) electrons. The van der Waals surface area contributed by atoms with Crippen LogP contribution in [0.15, 0.2) is 66.7 Å². The Balaban J connectivity index is 1.48.